The molecule has 1 fully saturated rings. The summed E-state index contributed by atoms with van der Waals surface area (Å²) in [6.07, 6.45) is 1.97. The number of rotatable bonds is 4. The third kappa shape index (κ3) is 3.04. The maximum absolute atomic E-state index is 12.3. The minimum atomic E-state index is -3.32. The van der Waals surface area contributed by atoms with Crippen LogP contribution in [0.25, 0.3) is 0 Å². The second kappa shape index (κ2) is 5.57. The summed E-state index contributed by atoms with van der Waals surface area (Å²) in [5, 5.41) is 0.927. The molecule has 96 valence electrons. The molecule has 2 heterocycles. The normalized spacial score (nSPS) is 22.1. The zero-order valence-corrected chi connectivity index (χ0v) is 13.1. The zero-order valence-electron chi connectivity index (χ0n) is 9.10. The van der Waals surface area contributed by atoms with Crippen molar-refractivity contribution in [3.8, 4) is 0 Å². The Balaban J connectivity index is 2.13. The van der Waals surface area contributed by atoms with E-state index >= 15 is 0 Å². The Labute approximate surface area is 119 Å². The van der Waals surface area contributed by atoms with Gasteiger partial charge in [-0.3, -0.25) is 0 Å². The highest BCUT2D eigenvalue weighted by Gasteiger charge is 2.32. The molecule has 1 saturated heterocycles. The van der Waals surface area contributed by atoms with Gasteiger partial charge in [0.2, 0.25) is 0 Å². The van der Waals surface area contributed by atoms with Crippen LogP contribution in [-0.4, -0.2) is 31.1 Å². The lowest BCUT2D eigenvalue weighted by molar-refractivity contribution is 0.455. The summed E-state index contributed by atoms with van der Waals surface area (Å²) in [4.78, 5) is 0. The van der Waals surface area contributed by atoms with E-state index in [0.717, 1.165) is 29.5 Å². The first-order valence-corrected chi connectivity index (χ1v) is 9.11. The van der Waals surface area contributed by atoms with Crippen LogP contribution in [0.3, 0.4) is 0 Å². The van der Waals surface area contributed by atoms with Crippen LogP contribution in [0.15, 0.2) is 16.3 Å². The first-order valence-electron chi connectivity index (χ1n) is 5.35. The summed E-state index contributed by atoms with van der Waals surface area (Å²) in [5.41, 5.74) is 0. The molecule has 2 rings (SSSR count). The van der Waals surface area contributed by atoms with Crippen molar-refractivity contribution in [1.29, 1.82) is 0 Å². The second-order valence-corrected chi connectivity index (χ2v) is 8.73. The minimum Gasteiger partial charge on any atom is -0.206 e. The van der Waals surface area contributed by atoms with Crippen molar-refractivity contribution in [3.63, 3.8) is 0 Å². The van der Waals surface area contributed by atoms with Crippen molar-refractivity contribution >= 4 is 48.9 Å². The van der Waals surface area contributed by atoms with Gasteiger partial charge in [-0.25, -0.2) is 8.42 Å². The van der Waals surface area contributed by atoms with Gasteiger partial charge in [0.1, 0.15) is 4.21 Å². The van der Waals surface area contributed by atoms with Crippen molar-refractivity contribution in [3.05, 3.63) is 16.5 Å². The van der Waals surface area contributed by atoms with Gasteiger partial charge in [0, 0.05) is 18.4 Å². The number of thiophene rings is 1. The van der Waals surface area contributed by atoms with Gasteiger partial charge >= 0.3 is 0 Å². The molecule has 0 saturated carbocycles. The fourth-order valence-corrected chi connectivity index (χ4v) is 5.78. The Morgan fingerprint density at radius 1 is 1.53 bits per heavy atom. The van der Waals surface area contributed by atoms with Gasteiger partial charge in [-0.05, 0) is 30.9 Å². The number of hydrogen-bond acceptors (Lipinski definition) is 3. The molecule has 17 heavy (non-hydrogen) atoms. The molecule has 1 aliphatic heterocycles. The number of halogens is 2. The topological polar surface area (TPSA) is 37.4 Å². The lowest BCUT2D eigenvalue weighted by atomic mass is 10.1. The van der Waals surface area contributed by atoms with Gasteiger partial charge in [0.15, 0.2) is 0 Å². The van der Waals surface area contributed by atoms with E-state index in [2.05, 4.69) is 15.9 Å². The summed E-state index contributed by atoms with van der Waals surface area (Å²) < 4.78 is 27.0. The molecule has 0 N–H and O–H groups in total. The van der Waals surface area contributed by atoms with E-state index in [-0.39, 0.29) is 0 Å². The molecule has 0 aromatic carbocycles. The van der Waals surface area contributed by atoms with E-state index in [9.17, 15) is 8.42 Å². The Morgan fingerprint density at radius 3 is 2.88 bits per heavy atom. The molecule has 1 aromatic heterocycles. The van der Waals surface area contributed by atoms with Crippen LogP contribution in [0.1, 0.15) is 12.8 Å². The molecule has 3 nitrogen and oxygen atoms in total. The predicted molar refractivity (Wildman–Crippen MR) is 74.6 cm³/mol. The Morgan fingerprint density at radius 2 is 2.29 bits per heavy atom. The van der Waals surface area contributed by atoms with E-state index in [4.69, 9.17) is 11.6 Å². The Hall–Kier alpha value is 0.380. The van der Waals surface area contributed by atoms with Crippen LogP contribution in [0, 0.1) is 5.92 Å². The first kappa shape index (κ1) is 13.8. The minimum absolute atomic E-state index is 0.349. The molecular weight excluding hydrogens is 346 g/mol. The Kier molecular flexibility index (Phi) is 4.52. The van der Waals surface area contributed by atoms with Crippen LogP contribution in [-0.2, 0) is 10.0 Å². The van der Waals surface area contributed by atoms with Crippen molar-refractivity contribution < 1.29 is 8.42 Å². The average Bonchev–Trinajstić information content (AvgIpc) is 2.88. The smallest absolute Gasteiger partial charge is 0.206 e. The van der Waals surface area contributed by atoms with Gasteiger partial charge in [0.25, 0.3) is 10.0 Å². The van der Waals surface area contributed by atoms with Gasteiger partial charge in [-0.2, -0.15) is 4.31 Å². The third-order valence-corrected chi connectivity index (χ3v) is 6.93. The number of sulfonamides is 1. The van der Waals surface area contributed by atoms with Crippen LogP contribution in [0.4, 0.5) is 0 Å². The molecule has 1 unspecified atom stereocenters. The van der Waals surface area contributed by atoms with Crippen molar-refractivity contribution in [2.45, 2.75) is 17.1 Å². The summed E-state index contributed by atoms with van der Waals surface area (Å²) in [7, 11) is -3.32. The molecule has 0 bridgehead atoms. The standard InChI is InChI=1S/C10H13BrClNO2S2/c11-5-3-8-4-6-13(7-8)17(14,15)10-2-1-9(12)16-10/h1-2,8H,3-7H2. The van der Waals surface area contributed by atoms with Crippen LogP contribution >= 0.6 is 38.9 Å². The van der Waals surface area contributed by atoms with Crippen LogP contribution < -0.4 is 0 Å². The molecule has 1 aliphatic rings. The van der Waals surface area contributed by atoms with Crippen molar-refractivity contribution in [2.24, 2.45) is 5.92 Å². The fourth-order valence-electron chi connectivity index (χ4n) is 1.97. The maximum atomic E-state index is 12.3. The highest BCUT2D eigenvalue weighted by Crippen LogP contribution is 2.31. The van der Waals surface area contributed by atoms with E-state index in [1.807, 2.05) is 0 Å². The molecule has 0 aliphatic carbocycles. The molecule has 0 spiro atoms. The molecule has 1 atom stereocenters. The lowest BCUT2D eigenvalue weighted by Gasteiger charge is -2.14. The zero-order chi connectivity index (χ0) is 12.5. The highest BCUT2D eigenvalue weighted by molar-refractivity contribution is 9.09. The van der Waals surface area contributed by atoms with Gasteiger partial charge < -0.3 is 0 Å². The highest BCUT2D eigenvalue weighted by atomic mass is 79.9. The Bertz CT molecular complexity index is 488. The van der Waals surface area contributed by atoms with E-state index in [1.165, 1.54) is 0 Å². The van der Waals surface area contributed by atoms with Crippen LogP contribution in [0.2, 0.25) is 4.34 Å². The third-order valence-electron chi connectivity index (χ3n) is 2.91. The van der Waals surface area contributed by atoms with E-state index in [0.29, 0.717) is 27.6 Å². The molecule has 0 radical (unpaired) electrons. The number of hydrogen-bond donors (Lipinski definition) is 0. The monoisotopic (exact) mass is 357 g/mol. The molecular formula is C10H13BrClNO2S2. The number of alkyl halides is 1. The lowest BCUT2D eigenvalue weighted by Crippen LogP contribution is -2.28. The second-order valence-electron chi connectivity index (χ2n) is 4.05. The molecule has 7 heteroatoms. The molecule has 1 aromatic rings. The summed E-state index contributed by atoms with van der Waals surface area (Å²) in [6.45, 7) is 1.25. The summed E-state index contributed by atoms with van der Waals surface area (Å²) >= 11 is 10.3. The maximum Gasteiger partial charge on any atom is 0.252 e. The van der Waals surface area contributed by atoms with E-state index < -0.39 is 10.0 Å². The fraction of sp³-hybridized carbons (Fsp3) is 0.600. The summed E-state index contributed by atoms with van der Waals surface area (Å²) in [6, 6.07) is 3.21. The van der Waals surface area contributed by atoms with Gasteiger partial charge in [-0.15, -0.1) is 11.3 Å². The van der Waals surface area contributed by atoms with Crippen molar-refractivity contribution in [1.82, 2.24) is 4.31 Å². The molecule has 0 amide bonds. The largest absolute Gasteiger partial charge is 0.252 e. The van der Waals surface area contributed by atoms with Gasteiger partial charge in [0.05, 0.1) is 4.34 Å². The van der Waals surface area contributed by atoms with Crippen LogP contribution in [0.5, 0.6) is 0 Å². The number of nitrogens with zero attached hydrogens (tertiary/aromatic N) is 1. The quantitative estimate of drug-likeness (QED) is 0.775. The first-order chi connectivity index (χ1) is 8.04. The van der Waals surface area contributed by atoms with Crippen molar-refractivity contribution in [2.75, 3.05) is 18.4 Å². The average molecular weight is 359 g/mol. The van der Waals surface area contributed by atoms with E-state index in [1.54, 1.807) is 16.4 Å². The predicted octanol–water partition coefficient (Wildman–Crippen LogP) is 3.20. The SMILES string of the molecule is O=S(=O)(c1ccc(Cl)s1)N1CCC(CCBr)C1. The summed E-state index contributed by atoms with van der Waals surface area (Å²) in [5.74, 6) is 0.472. The van der Waals surface area contributed by atoms with Gasteiger partial charge in [-0.1, -0.05) is 27.5 Å².